The van der Waals surface area contributed by atoms with Gasteiger partial charge in [-0.05, 0) is 15.9 Å². The molecule has 1 rings (SSSR count). The molecular formula is C6H3BrF2N2O2. The molecule has 0 fully saturated rings. The topological polar surface area (TPSA) is 56.0 Å². The van der Waals surface area contributed by atoms with Gasteiger partial charge in [-0.3, -0.25) is 10.1 Å². The number of hydrogen-bond acceptors (Lipinski definition) is 3. The van der Waals surface area contributed by atoms with Crippen molar-refractivity contribution in [2.45, 2.75) is 6.43 Å². The normalized spacial score (nSPS) is 10.5. The summed E-state index contributed by atoms with van der Waals surface area (Å²) >= 11 is 2.77. The van der Waals surface area contributed by atoms with E-state index in [0.29, 0.717) is 0 Å². The number of nitrogens with zero attached hydrogens (tertiary/aromatic N) is 2. The van der Waals surface area contributed by atoms with Crippen molar-refractivity contribution in [1.29, 1.82) is 0 Å². The van der Waals surface area contributed by atoms with E-state index in [9.17, 15) is 18.9 Å². The quantitative estimate of drug-likeness (QED) is 0.462. The fourth-order valence-electron chi connectivity index (χ4n) is 0.706. The van der Waals surface area contributed by atoms with Crippen molar-refractivity contribution in [1.82, 2.24) is 4.98 Å². The molecule has 0 saturated heterocycles. The standard InChI is InChI=1S/C6H3BrF2N2O2/c7-5-4(6(8)9)1-3(2-10-5)11(12)13/h1-2,6H. The number of pyridine rings is 1. The molecule has 0 saturated carbocycles. The van der Waals surface area contributed by atoms with Gasteiger partial charge in [-0.2, -0.15) is 0 Å². The minimum absolute atomic E-state index is 0.0758. The third-order valence-corrected chi connectivity index (χ3v) is 1.96. The summed E-state index contributed by atoms with van der Waals surface area (Å²) in [6, 6.07) is 0.793. The second-order valence-corrected chi connectivity index (χ2v) is 2.88. The summed E-state index contributed by atoms with van der Waals surface area (Å²) in [5, 5.41) is 10.2. The van der Waals surface area contributed by atoms with Crippen LogP contribution in [0.2, 0.25) is 0 Å². The summed E-state index contributed by atoms with van der Waals surface area (Å²) in [4.78, 5) is 12.8. The lowest BCUT2D eigenvalue weighted by molar-refractivity contribution is -0.385. The Balaban J connectivity index is 3.19. The second-order valence-electron chi connectivity index (χ2n) is 2.13. The molecule has 0 bridgehead atoms. The van der Waals surface area contributed by atoms with E-state index in [1.54, 1.807) is 0 Å². The van der Waals surface area contributed by atoms with Gasteiger partial charge in [-0.25, -0.2) is 13.8 Å². The first-order valence-corrected chi connectivity index (χ1v) is 3.89. The number of aromatic nitrogens is 1. The van der Waals surface area contributed by atoms with Crippen molar-refractivity contribution >= 4 is 21.6 Å². The van der Waals surface area contributed by atoms with Crippen molar-refractivity contribution in [2.75, 3.05) is 0 Å². The van der Waals surface area contributed by atoms with Gasteiger partial charge >= 0.3 is 0 Å². The molecule has 1 aromatic rings. The van der Waals surface area contributed by atoms with Crippen LogP contribution in [0.3, 0.4) is 0 Å². The molecule has 70 valence electrons. The molecule has 0 aliphatic heterocycles. The number of nitro groups is 1. The van der Waals surface area contributed by atoms with Gasteiger partial charge < -0.3 is 0 Å². The van der Waals surface area contributed by atoms with Crippen molar-refractivity contribution in [3.8, 4) is 0 Å². The lowest BCUT2D eigenvalue weighted by Gasteiger charge is -2.00. The molecule has 0 spiro atoms. The largest absolute Gasteiger partial charge is 0.288 e. The highest BCUT2D eigenvalue weighted by atomic mass is 79.9. The Morgan fingerprint density at radius 2 is 2.23 bits per heavy atom. The van der Waals surface area contributed by atoms with E-state index in [0.717, 1.165) is 12.3 Å². The van der Waals surface area contributed by atoms with Crippen molar-refractivity contribution < 1.29 is 13.7 Å². The maximum absolute atomic E-state index is 12.2. The number of alkyl halides is 2. The maximum atomic E-state index is 12.2. The fourth-order valence-corrected chi connectivity index (χ4v) is 1.10. The van der Waals surface area contributed by atoms with E-state index in [1.807, 2.05) is 0 Å². The zero-order valence-corrected chi connectivity index (χ0v) is 7.66. The lowest BCUT2D eigenvalue weighted by atomic mass is 10.3. The minimum atomic E-state index is -2.78. The van der Waals surface area contributed by atoms with E-state index in [4.69, 9.17) is 0 Å². The molecule has 7 heteroatoms. The van der Waals surface area contributed by atoms with E-state index in [1.165, 1.54) is 0 Å². The Bertz CT molecular complexity index is 345. The fraction of sp³-hybridized carbons (Fsp3) is 0.167. The van der Waals surface area contributed by atoms with Crippen LogP contribution < -0.4 is 0 Å². The lowest BCUT2D eigenvalue weighted by Crippen LogP contribution is -1.94. The van der Waals surface area contributed by atoms with Gasteiger partial charge in [0.1, 0.15) is 10.8 Å². The van der Waals surface area contributed by atoms with Gasteiger partial charge in [0, 0.05) is 6.07 Å². The van der Waals surface area contributed by atoms with Crippen LogP contribution >= 0.6 is 15.9 Å². The molecule has 0 aromatic carbocycles. The molecule has 0 radical (unpaired) electrons. The smallest absolute Gasteiger partial charge is 0.258 e. The summed E-state index contributed by atoms with van der Waals surface area (Å²) in [5.41, 5.74) is -0.923. The van der Waals surface area contributed by atoms with Crippen LogP contribution in [-0.4, -0.2) is 9.91 Å². The maximum Gasteiger partial charge on any atom is 0.288 e. The highest BCUT2D eigenvalue weighted by Crippen LogP contribution is 2.28. The molecule has 4 nitrogen and oxygen atoms in total. The molecular weight excluding hydrogens is 250 g/mol. The first-order valence-electron chi connectivity index (χ1n) is 3.10. The highest BCUT2D eigenvalue weighted by Gasteiger charge is 2.17. The Hall–Kier alpha value is -1.11. The summed E-state index contributed by atoms with van der Waals surface area (Å²) in [7, 11) is 0. The van der Waals surface area contributed by atoms with Crippen molar-refractivity contribution in [3.63, 3.8) is 0 Å². The number of halogens is 3. The first-order chi connectivity index (χ1) is 6.02. The van der Waals surface area contributed by atoms with Crippen molar-refractivity contribution in [3.05, 3.63) is 32.5 Å². The van der Waals surface area contributed by atoms with Crippen LogP contribution in [0.15, 0.2) is 16.9 Å². The predicted molar refractivity (Wildman–Crippen MR) is 43.5 cm³/mol. The zero-order valence-electron chi connectivity index (χ0n) is 6.08. The van der Waals surface area contributed by atoms with Crippen LogP contribution in [-0.2, 0) is 0 Å². The van der Waals surface area contributed by atoms with Gasteiger partial charge in [0.15, 0.2) is 0 Å². The summed E-state index contributed by atoms with van der Waals surface area (Å²) in [5.74, 6) is 0. The third-order valence-electron chi connectivity index (χ3n) is 1.30. The van der Waals surface area contributed by atoms with E-state index < -0.39 is 22.6 Å². The van der Waals surface area contributed by atoms with E-state index in [2.05, 4.69) is 20.9 Å². The monoisotopic (exact) mass is 252 g/mol. The van der Waals surface area contributed by atoms with Gasteiger partial charge in [0.25, 0.3) is 12.1 Å². The van der Waals surface area contributed by atoms with E-state index in [-0.39, 0.29) is 4.60 Å². The second kappa shape index (κ2) is 3.73. The molecule has 1 heterocycles. The van der Waals surface area contributed by atoms with Crippen LogP contribution in [0.25, 0.3) is 0 Å². The minimum Gasteiger partial charge on any atom is -0.258 e. The van der Waals surface area contributed by atoms with Crippen LogP contribution in [0.5, 0.6) is 0 Å². The molecule has 0 unspecified atom stereocenters. The molecule has 0 amide bonds. The average molecular weight is 253 g/mol. The number of rotatable bonds is 2. The zero-order chi connectivity index (χ0) is 10.0. The predicted octanol–water partition coefficient (Wildman–Crippen LogP) is 2.69. The van der Waals surface area contributed by atoms with Crippen LogP contribution in [0.4, 0.5) is 14.5 Å². The van der Waals surface area contributed by atoms with E-state index >= 15 is 0 Å². The molecule has 0 N–H and O–H groups in total. The molecule has 0 atom stereocenters. The number of hydrogen-bond donors (Lipinski definition) is 0. The molecule has 1 aromatic heterocycles. The SMILES string of the molecule is O=[N+]([O-])c1cnc(Br)c(C(F)F)c1. The summed E-state index contributed by atoms with van der Waals surface area (Å²) < 4.78 is 24.3. The summed E-state index contributed by atoms with van der Waals surface area (Å²) in [6.45, 7) is 0. The summed E-state index contributed by atoms with van der Waals surface area (Å²) in [6.07, 6.45) is -1.86. The van der Waals surface area contributed by atoms with Crippen molar-refractivity contribution in [2.24, 2.45) is 0 Å². The third kappa shape index (κ3) is 2.18. The first kappa shape index (κ1) is 9.97. The highest BCUT2D eigenvalue weighted by molar-refractivity contribution is 9.10. The average Bonchev–Trinajstić information content (AvgIpc) is 2.04. The van der Waals surface area contributed by atoms with Gasteiger partial charge in [-0.1, -0.05) is 0 Å². The van der Waals surface area contributed by atoms with Gasteiger partial charge in [-0.15, -0.1) is 0 Å². The van der Waals surface area contributed by atoms with Gasteiger partial charge in [0.2, 0.25) is 0 Å². The molecule has 0 aliphatic carbocycles. The van der Waals surface area contributed by atoms with Crippen LogP contribution in [0.1, 0.15) is 12.0 Å². The Morgan fingerprint density at radius 3 is 2.69 bits per heavy atom. The van der Waals surface area contributed by atoms with Gasteiger partial charge in [0.05, 0.1) is 10.5 Å². The Morgan fingerprint density at radius 1 is 1.62 bits per heavy atom. The Labute approximate surface area is 79.9 Å². The van der Waals surface area contributed by atoms with Crippen LogP contribution in [0, 0.1) is 10.1 Å². The molecule has 0 aliphatic rings. The Kier molecular flexibility index (Phi) is 2.86. The molecule has 13 heavy (non-hydrogen) atoms.